The number of nitrogens with zero attached hydrogens (tertiary/aromatic N) is 2. The van der Waals surface area contributed by atoms with Gasteiger partial charge in [-0.3, -0.25) is 19.9 Å². The number of rotatable bonds is 6. The highest BCUT2D eigenvalue weighted by atomic mass is 16.6. The van der Waals surface area contributed by atoms with Crippen molar-refractivity contribution in [1.82, 2.24) is 4.98 Å². The van der Waals surface area contributed by atoms with Gasteiger partial charge in [-0.25, -0.2) is 0 Å². The van der Waals surface area contributed by atoms with Gasteiger partial charge in [0.05, 0.1) is 29.7 Å². The molecule has 0 aliphatic rings. The summed E-state index contributed by atoms with van der Waals surface area (Å²) in [4.78, 5) is 25.0. The van der Waals surface area contributed by atoms with Crippen LogP contribution < -0.4 is 0 Å². The number of carbonyl (C=O) groups is 1. The van der Waals surface area contributed by atoms with Gasteiger partial charge in [0.2, 0.25) is 0 Å². The topological polar surface area (TPSA) is 123 Å². The Morgan fingerprint density at radius 2 is 2.20 bits per heavy atom. The third-order valence-electron chi connectivity index (χ3n) is 2.65. The van der Waals surface area contributed by atoms with E-state index >= 15 is 0 Å². The van der Waals surface area contributed by atoms with E-state index in [1.54, 1.807) is 6.92 Å². The fraction of sp³-hybridized carbons (Fsp3) is 0.500. The lowest BCUT2D eigenvalue weighted by atomic mass is 10.1. The Balaban J connectivity index is 2.81. The van der Waals surface area contributed by atoms with Crippen molar-refractivity contribution in [2.75, 3.05) is 6.61 Å². The Bertz CT molecular complexity index is 505. The van der Waals surface area contributed by atoms with Crippen LogP contribution in [0.25, 0.3) is 0 Å². The summed E-state index contributed by atoms with van der Waals surface area (Å²) in [6, 6.07) is 1.30. The van der Waals surface area contributed by atoms with Crippen molar-refractivity contribution in [2.24, 2.45) is 0 Å². The zero-order chi connectivity index (χ0) is 15.3. The number of aliphatic hydroxyl groups is 2. The van der Waals surface area contributed by atoms with Gasteiger partial charge in [0, 0.05) is 5.56 Å². The van der Waals surface area contributed by atoms with Crippen molar-refractivity contribution in [3.05, 3.63) is 33.6 Å². The molecule has 2 unspecified atom stereocenters. The molecular weight excluding hydrogens is 268 g/mol. The monoisotopic (exact) mass is 284 g/mol. The van der Waals surface area contributed by atoms with E-state index in [4.69, 9.17) is 0 Å². The second-order valence-corrected chi connectivity index (χ2v) is 4.17. The third-order valence-corrected chi connectivity index (χ3v) is 2.65. The van der Waals surface area contributed by atoms with Crippen molar-refractivity contribution >= 4 is 11.7 Å². The normalized spacial score (nSPS) is 13.6. The largest absolute Gasteiger partial charge is 0.466 e. The molecular formula is C12H16N2O6. The molecule has 0 radical (unpaired) electrons. The van der Waals surface area contributed by atoms with E-state index in [-0.39, 0.29) is 24.4 Å². The summed E-state index contributed by atoms with van der Waals surface area (Å²) < 4.78 is 4.65. The lowest BCUT2D eigenvalue weighted by molar-refractivity contribution is -0.385. The first kappa shape index (κ1) is 16.0. The number of aliphatic hydroxyl groups excluding tert-OH is 2. The molecule has 110 valence electrons. The van der Waals surface area contributed by atoms with Gasteiger partial charge in [0.1, 0.15) is 12.3 Å². The zero-order valence-electron chi connectivity index (χ0n) is 11.1. The molecule has 2 atom stereocenters. The number of ether oxygens (including phenoxy) is 1. The molecule has 20 heavy (non-hydrogen) atoms. The molecule has 0 fully saturated rings. The minimum Gasteiger partial charge on any atom is -0.466 e. The standard InChI is InChI=1S/C12H16N2O6/c1-3-20-11(16)5-10(15)12(17)8-4-7(2)9(6-13-8)14(18)19/h4,6,10,12,15,17H,3,5H2,1-2H3. The molecule has 0 aliphatic carbocycles. The highest BCUT2D eigenvalue weighted by Crippen LogP contribution is 2.23. The maximum atomic E-state index is 11.2. The number of hydrogen-bond donors (Lipinski definition) is 2. The minimum absolute atomic E-state index is 0.0601. The number of carbonyl (C=O) groups excluding carboxylic acids is 1. The first-order valence-corrected chi connectivity index (χ1v) is 5.99. The van der Waals surface area contributed by atoms with Gasteiger partial charge in [-0.15, -0.1) is 0 Å². The van der Waals surface area contributed by atoms with Gasteiger partial charge in [-0.2, -0.15) is 0 Å². The molecule has 0 saturated carbocycles. The summed E-state index contributed by atoms with van der Waals surface area (Å²) in [7, 11) is 0. The second kappa shape index (κ2) is 6.92. The maximum absolute atomic E-state index is 11.2. The van der Waals surface area contributed by atoms with Gasteiger partial charge in [0.15, 0.2) is 0 Å². The zero-order valence-corrected chi connectivity index (χ0v) is 11.1. The van der Waals surface area contributed by atoms with Crippen LogP contribution in [0, 0.1) is 17.0 Å². The van der Waals surface area contributed by atoms with Crippen LogP contribution in [0.4, 0.5) is 5.69 Å². The van der Waals surface area contributed by atoms with Crippen molar-refractivity contribution in [1.29, 1.82) is 0 Å². The van der Waals surface area contributed by atoms with Gasteiger partial charge in [-0.1, -0.05) is 0 Å². The molecule has 0 saturated heterocycles. The van der Waals surface area contributed by atoms with Gasteiger partial charge < -0.3 is 14.9 Å². The number of pyridine rings is 1. The number of aryl methyl sites for hydroxylation is 1. The van der Waals surface area contributed by atoms with E-state index in [0.29, 0.717) is 5.56 Å². The number of aromatic nitrogens is 1. The van der Waals surface area contributed by atoms with E-state index in [0.717, 1.165) is 6.20 Å². The molecule has 0 aromatic carbocycles. The van der Waals surface area contributed by atoms with Crippen LogP contribution >= 0.6 is 0 Å². The summed E-state index contributed by atoms with van der Waals surface area (Å²) in [6.07, 6.45) is -2.18. The summed E-state index contributed by atoms with van der Waals surface area (Å²) in [6.45, 7) is 3.30. The van der Waals surface area contributed by atoms with E-state index < -0.39 is 23.1 Å². The average Bonchev–Trinajstić information content (AvgIpc) is 2.37. The molecule has 0 aliphatic heterocycles. The molecule has 1 heterocycles. The van der Waals surface area contributed by atoms with Crippen LogP contribution in [0.1, 0.15) is 30.7 Å². The summed E-state index contributed by atoms with van der Waals surface area (Å²) in [5.41, 5.74) is 0.188. The number of hydrogen-bond acceptors (Lipinski definition) is 7. The molecule has 8 nitrogen and oxygen atoms in total. The molecule has 1 rings (SSSR count). The first-order chi connectivity index (χ1) is 9.36. The lowest BCUT2D eigenvalue weighted by Gasteiger charge is -2.16. The van der Waals surface area contributed by atoms with Crippen molar-refractivity contribution in [3.8, 4) is 0 Å². The van der Waals surface area contributed by atoms with E-state index in [2.05, 4.69) is 9.72 Å². The SMILES string of the molecule is CCOC(=O)CC(O)C(O)c1cc(C)c([N+](=O)[O-])cn1. The van der Waals surface area contributed by atoms with Crippen LogP contribution in [-0.4, -0.2) is 38.8 Å². The van der Waals surface area contributed by atoms with E-state index in [1.165, 1.54) is 13.0 Å². The quantitative estimate of drug-likeness (QED) is 0.446. The van der Waals surface area contributed by atoms with Crippen LogP contribution in [-0.2, 0) is 9.53 Å². The van der Waals surface area contributed by atoms with Crippen molar-refractivity contribution in [3.63, 3.8) is 0 Å². The molecule has 0 bridgehead atoms. The molecule has 1 aromatic heterocycles. The van der Waals surface area contributed by atoms with Crippen LogP contribution in [0.3, 0.4) is 0 Å². The fourth-order valence-corrected chi connectivity index (χ4v) is 1.62. The van der Waals surface area contributed by atoms with Crippen LogP contribution in [0.2, 0.25) is 0 Å². The fourth-order valence-electron chi connectivity index (χ4n) is 1.62. The van der Waals surface area contributed by atoms with E-state index in [1.807, 2.05) is 0 Å². The highest BCUT2D eigenvalue weighted by molar-refractivity contribution is 5.70. The van der Waals surface area contributed by atoms with Gasteiger partial charge in [0.25, 0.3) is 5.69 Å². The maximum Gasteiger partial charge on any atom is 0.308 e. The molecule has 8 heteroatoms. The Labute approximate surface area is 115 Å². The Kier molecular flexibility index (Phi) is 5.53. The predicted octanol–water partition coefficient (Wildman–Crippen LogP) is 0.646. The Hall–Kier alpha value is -2.06. The number of nitro groups is 1. The summed E-state index contributed by atoms with van der Waals surface area (Å²) in [5.74, 6) is -0.641. The average molecular weight is 284 g/mol. The Morgan fingerprint density at radius 1 is 1.55 bits per heavy atom. The van der Waals surface area contributed by atoms with Crippen molar-refractivity contribution in [2.45, 2.75) is 32.5 Å². The molecule has 0 spiro atoms. The highest BCUT2D eigenvalue weighted by Gasteiger charge is 2.24. The van der Waals surface area contributed by atoms with Gasteiger partial charge >= 0.3 is 5.97 Å². The van der Waals surface area contributed by atoms with E-state index in [9.17, 15) is 25.1 Å². The summed E-state index contributed by atoms with van der Waals surface area (Å²) >= 11 is 0. The molecule has 0 amide bonds. The van der Waals surface area contributed by atoms with Crippen LogP contribution in [0.15, 0.2) is 12.3 Å². The van der Waals surface area contributed by atoms with Gasteiger partial charge in [-0.05, 0) is 19.9 Å². The second-order valence-electron chi connectivity index (χ2n) is 4.17. The third kappa shape index (κ3) is 3.97. The predicted molar refractivity (Wildman–Crippen MR) is 67.8 cm³/mol. The Morgan fingerprint density at radius 3 is 2.70 bits per heavy atom. The van der Waals surface area contributed by atoms with Crippen molar-refractivity contribution < 1.29 is 24.7 Å². The smallest absolute Gasteiger partial charge is 0.308 e. The molecule has 1 aromatic rings. The molecule has 2 N–H and O–H groups in total. The number of esters is 1. The summed E-state index contributed by atoms with van der Waals surface area (Å²) in [5, 5.41) is 30.2. The minimum atomic E-state index is -1.42. The lowest BCUT2D eigenvalue weighted by Crippen LogP contribution is -2.24. The van der Waals surface area contributed by atoms with Crippen LogP contribution in [0.5, 0.6) is 0 Å². The first-order valence-electron chi connectivity index (χ1n) is 5.99.